The number of nitrogens with zero attached hydrogens (tertiary/aromatic N) is 2. The smallest absolute Gasteiger partial charge is 0.241 e. The Kier molecular flexibility index (Phi) is 4.60. The lowest BCUT2D eigenvalue weighted by atomic mass is 10.2. The molecule has 1 aliphatic rings. The van der Waals surface area contributed by atoms with E-state index in [2.05, 4.69) is 33.0 Å². The van der Waals surface area contributed by atoms with E-state index in [1.54, 1.807) is 0 Å². The Balaban J connectivity index is 1.64. The van der Waals surface area contributed by atoms with Gasteiger partial charge in [0.15, 0.2) is 0 Å². The second-order valence-electron chi connectivity index (χ2n) is 5.69. The molecule has 114 valence electrons. The number of hydrogen-bond donors (Lipinski definition) is 0. The van der Waals surface area contributed by atoms with Gasteiger partial charge in [-0.1, -0.05) is 52.3 Å². The minimum atomic E-state index is 0.166. The highest BCUT2D eigenvalue weighted by molar-refractivity contribution is 9.10. The van der Waals surface area contributed by atoms with Gasteiger partial charge in [-0.2, -0.15) is 0 Å². The van der Waals surface area contributed by atoms with Crippen molar-refractivity contribution in [3.63, 3.8) is 0 Å². The number of carbonyl (C=O) groups excluding carboxylic acids is 1. The maximum absolute atomic E-state index is 12.6. The number of hydrogen-bond acceptors (Lipinski definition) is 2. The van der Waals surface area contributed by atoms with Crippen LogP contribution in [0.25, 0.3) is 0 Å². The first-order valence-corrected chi connectivity index (χ1v) is 8.24. The van der Waals surface area contributed by atoms with Gasteiger partial charge in [0, 0.05) is 23.2 Å². The fourth-order valence-electron chi connectivity index (χ4n) is 2.89. The van der Waals surface area contributed by atoms with Crippen LogP contribution in [0.2, 0.25) is 0 Å². The Morgan fingerprint density at radius 3 is 2.73 bits per heavy atom. The predicted octanol–water partition coefficient (Wildman–Crippen LogP) is 3.47. The highest BCUT2D eigenvalue weighted by atomic mass is 79.9. The molecule has 2 aromatic carbocycles. The number of amides is 1. The molecular formula is C18H19BrN2O. The van der Waals surface area contributed by atoms with E-state index in [4.69, 9.17) is 0 Å². The number of rotatable bonds is 4. The summed E-state index contributed by atoms with van der Waals surface area (Å²) in [6, 6.07) is 16.3. The van der Waals surface area contributed by atoms with Crippen LogP contribution in [0.5, 0.6) is 0 Å². The van der Waals surface area contributed by atoms with E-state index in [9.17, 15) is 4.79 Å². The van der Waals surface area contributed by atoms with Crippen molar-refractivity contribution >= 4 is 27.5 Å². The molecule has 1 amide bonds. The molecule has 0 saturated carbocycles. The van der Waals surface area contributed by atoms with E-state index >= 15 is 0 Å². The van der Waals surface area contributed by atoms with Gasteiger partial charge in [0.05, 0.1) is 6.54 Å². The molecule has 22 heavy (non-hydrogen) atoms. The molecule has 0 N–H and O–H groups in total. The second-order valence-corrected chi connectivity index (χ2v) is 6.54. The minimum absolute atomic E-state index is 0.166. The van der Waals surface area contributed by atoms with Crippen molar-refractivity contribution in [1.29, 1.82) is 0 Å². The van der Waals surface area contributed by atoms with Gasteiger partial charge in [-0.3, -0.25) is 9.69 Å². The molecule has 0 aromatic heterocycles. The standard InChI is InChI=1S/C18H19BrN2O/c1-20(12-15-7-2-4-8-16(15)19)13-18(22)21-11-10-14-6-3-5-9-17(14)21/h2-9H,10-13H2,1H3. The first-order chi connectivity index (χ1) is 10.6. The summed E-state index contributed by atoms with van der Waals surface area (Å²) in [5.41, 5.74) is 3.53. The molecule has 2 aromatic rings. The monoisotopic (exact) mass is 358 g/mol. The van der Waals surface area contributed by atoms with E-state index in [0.717, 1.165) is 29.7 Å². The number of fused-ring (bicyclic) bond motifs is 1. The molecule has 0 aliphatic carbocycles. The van der Waals surface area contributed by atoms with E-state index < -0.39 is 0 Å². The second kappa shape index (κ2) is 6.63. The predicted molar refractivity (Wildman–Crippen MR) is 93.0 cm³/mol. The lowest BCUT2D eigenvalue weighted by molar-refractivity contribution is -0.119. The zero-order valence-corrected chi connectivity index (χ0v) is 14.2. The summed E-state index contributed by atoms with van der Waals surface area (Å²) in [6.45, 7) is 1.97. The number of para-hydroxylation sites is 1. The summed E-state index contributed by atoms with van der Waals surface area (Å²) in [5.74, 6) is 0.166. The molecule has 0 saturated heterocycles. The van der Waals surface area contributed by atoms with Crippen LogP contribution < -0.4 is 4.90 Å². The number of halogens is 1. The molecule has 0 bridgehead atoms. The zero-order valence-electron chi connectivity index (χ0n) is 12.6. The minimum Gasteiger partial charge on any atom is -0.311 e. The molecule has 1 aliphatic heterocycles. The summed E-state index contributed by atoms with van der Waals surface area (Å²) in [4.78, 5) is 16.5. The van der Waals surface area contributed by atoms with Gasteiger partial charge in [-0.05, 0) is 36.7 Å². The van der Waals surface area contributed by atoms with E-state index in [1.165, 1.54) is 11.1 Å². The summed E-state index contributed by atoms with van der Waals surface area (Å²) in [5, 5.41) is 0. The number of anilines is 1. The Hall–Kier alpha value is -1.65. The average molecular weight is 359 g/mol. The van der Waals surface area contributed by atoms with Crippen LogP contribution in [0.4, 0.5) is 5.69 Å². The van der Waals surface area contributed by atoms with Gasteiger partial charge in [0.1, 0.15) is 0 Å². The zero-order chi connectivity index (χ0) is 15.5. The van der Waals surface area contributed by atoms with Crippen molar-refractivity contribution in [3.05, 3.63) is 64.1 Å². The SMILES string of the molecule is CN(CC(=O)N1CCc2ccccc21)Cc1ccccc1Br. The van der Waals surface area contributed by atoms with E-state index in [0.29, 0.717) is 6.54 Å². The highest BCUT2D eigenvalue weighted by Crippen LogP contribution is 2.27. The first-order valence-electron chi connectivity index (χ1n) is 7.45. The van der Waals surface area contributed by atoms with Crippen LogP contribution in [0.1, 0.15) is 11.1 Å². The summed E-state index contributed by atoms with van der Waals surface area (Å²) < 4.78 is 1.08. The van der Waals surface area contributed by atoms with Crippen molar-refractivity contribution in [2.75, 3.05) is 25.0 Å². The van der Waals surface area contributed by atoms with Gasteiger partial charge in [0.25, 0.3) is 0 Å². The van der Waals surface area contributed by atoms with Crippen molar-refractivity contribution in [1.82, 2.24) is 4.90 Å². The topological polar surface area (TPSA) is 23.6 Å². The van der Waals surface area contributed by atoms with Crippen molar-refractivity contribution in [2.45, 2.75) is 13.0 Å². The van der Waals surface area contributed by atoms with Crippen LogP contribution in [0, 0.1) is 0 Å². The quantitative estimate of drug-likeness (QED) is 0.835. The van der Waals surface area contributed by atoms with Gasteiger partial charge in [-0.25, -0.2) is 0 Å². The van der Waals surface area contributed by atoms with Crippen LogP contribution in [0.3, 0.4) is 0 Å². The molecule has 0 spiro atoms. The third-order valence-electron chi connectivity index (χ3n) is 3.99. The van der Waals surface area contributed by atoms with Crippen LogP contribution >= 0.6 is 15.9 Å². The molecule has 3 nitrogen and oxygen atoms in total. The summed E-state index contributed by atoms with van der Waals surface area (Å²) in [7, 11) is 1.99. The van der Waals surface area contributed by atoms with Crippen molar-refractivity contribution in [3.8, 4) is 0 Å². The lowest BCUT2D eigenvalue weighted by Crippen LogP contribution is -2.37. The largest absolute Gasteiger partial charge is 0.311 e. The maximum atomic E-state index is 12.6. The molecule has 1 heterocycles. The van der Waals surface area contributed by atoms with Gasteiger partial charge in [-0.15, -0.1) is 0 Å². The lowest BCUT2D eigenvalue weighted by Gasteiger charge is -2.22. The van der Waals surface area contributed by atoms with Crippen LogP contribution in [-0.2, 0) is 17.8 Å². The average Bonchev–Trinajstić information content (AvgIpc) is 2.93. The third kappa shape index (κ3) is 3.23. The fraction of sp³-hybridized carbons (Fsp3) is 0.278. The third-order valence-corrected chi connectivity index (χ3v) is 4.77. The molecule has 0 atom stereocenters. The van der Waals surface area contributed by atoms with Crippen LogP contribution in [-0.4, -0.2) is 30.9 Å². The highest BCUT2D eigenvalue weighted by Gasteiger charge is 2.24. The summed E-state index contributed by atoms with van der Waals surface area (Å²) >= 11 is 3.56. The first kappa shape index (κ1) is 15.3. The number of likely N-dealkylation sites (N-methyl/N-ethyl adjacent to an activating group) is 1. The molecule has 0 unspecified atom stereocenters. The molecule has 4 heteroatoms. The molecule has 0 radical (unpaired) electrons. The fourth-order valence-corrected chi connectivity index (χ4v) is 3.30. The Bertz CT molecular complexity index is 686. The van der Waals surface area contributed by atoms with Gasteiger partial charge < -0.3 is 4.90 Å². The number of carbonyl (C=O) groups is 1. The van der Waals surface area contributed by atoms with Crippen molar-refractivity contribution in [2.24, 2.45) is 0 Å². The normalized spacial score (nSPS) is 13.5. The van der Waals surface area contributed by atoms with Gasteiger partial charge in [0.2, 0.25) is 5.91 Å². The maximum Gasteiger partial charge on any atom is 0.241 e. The van der Waals surface area contributed by atoms with E-state index in [-0.39, 0.29) is 5.91 Å². The van der Waals surface area contributed by atoms with Crippen molar-refractivity contribution < 1.29 is 4.79 Å². The molecule has 3 rings (SSSR count). The van der Waals surface area contributed by atoms with Crippen LogP contribution in [0.15, 0.2) is 53.0 Å². The summed E-state index contributed by atoms with van der Waals surface area (Å²) in [6.07, 6.45) is 0.954. The molecule has 0 fully saturated rings. The number of benzene rings is 2. The van der Waals surface area contributed by atoms with E-state index in [1.807, 2.05) is 48.3 Å². The Morgan fingerprint density at radius 2 is 1.91 bits per heavy atom. The Morgan fingerprint density at radius 1 is 1.18 bits per heavy atom. The Labute approximate surface area is 139 Å². The molecular weight excluding hydrogens is 340 g/mol. The van der Waals surface area contributed by atoms with Gasteiger partial charge >= 0.3 is 0 Å².